The molecule has 0 N–H and O–H groups in total. The smallest absolute Gasteiger partial charge is 0.338 e. The molecule has 152 valence electrons. The van der Waals surface area contributed by atoms with Gasteiger partial charge in [0.15, 0.2) is 0 Å². The molecule has 2 heterocycles. The third kappa shape index (κ3) is 2.89. The van der Waals surface area contributed by atoms with Crippen LogP contribution in [0.25, 0.3) is 11.3 Å². The standard InChI is InChI=1S/C23H20N2O5/c1-2-29-23(28)16-5-3-4-13(10-16)18-9-8-17(30-18)12-24-25-21(26)19-14-6-7-15(11-14)20(19)22(25)27/h3-10,12,14-15,19-20H,2,11H2,1H3/b24-12+. The minimum absolute atomic E-state index is 0.151. The summed E-state index contributed by atoms with van der Waals surface area (Å²) in [6.07, 6.45) is 6.36. The van der Waals surface area contributed by atoms with Gasteiger partial charge in [-0.15, -0.1) is 0 Å². The lowest BCUT2D eigenvalue weighted by Gasteiger charge is -2.13. The fourth-order valence-electron chi connectivity index (χ4n) is 4.71. The Balaban J connectivity index is 1.33. The highest BCUT2D eigenvalue weighted by molar-refractivity contribution is 6.06. The maximum Gasteiger partial charge on any atom is 0.338 e. The first-order chi connectivity index (χ1) is 14.6. The maximum atomic E-state index is 12.7. The Bertz CT molecular complexity index is 1070. The maximum absolute atomic E-state index is 12.7. The monoisotopic (exact) mass is 404 g/mol. The van der Waals surface area contributed by atoms with Crippen molar-refractivity contribution in [1.29, 1.82) is 0 Å². The van der Waals surface area contributed by atoms with Crippen LogP contribution in [-0.4, -0.2) is 35.6 Å². The summed E-state index contributed by atoms with van der Waals surface area (Å²) in [5, 5.41) is 5.12. The molecule has 30 heavy (non-hydrogen) atoms. The van der Waals surface area contributed by atoms with E-state index in [0.29, 0.717) is 29.3 Å². The zero-order valence-electron chi connectivity index (χ0n) is 16.4. The number of ether oxygens (including phenoxy) is 1. The molecule has 2 amide bonds. The molecule has 0 radical (unpaired) electrons. The number of hydrazone groups is 1. The first kappa shape index (κ1) is 18.5. The topological polar surface area (TPSA) is 89.2 Å². The van der Waals surface area contributed by atoms with Gasteiger partial charge in [0, 0.05) is 5.56 Å². The number of furan rings is 1. The van der Waals surface area contributed by atoms with Crippen LogP contribution >= 0.6 is 0 Å². The molecule has 1 aromatic carbocycles. The second kappa shape index (κ2) is 7.09. The first-order valence-electron chi connectivity index (χ1n) is 10.0. The Morgan fingerprint density at radius 1 is 1.17 bits per heavy atom. The Hall–Kier alpha value is -3.48. The van der Waals surface area contributed by atoms with E-state index in [2.05, 4.69) is 5.10 Å². The molecule has 1 saturated carbocycles. The fraction of sp³-hybridized carbons (Fsp3) is 0.304. The summed E-state index contributed by atoms with van der Waals surface area (Å²) in [5.74, 6) is -0.153. The minimum atomic E-state index is -0.396. The average molecular weight is 404 g/mol. The Kier molecular flexibility index (Phi) is 4.38. The number of imide groups is 1. The van der Waals surface area contributed by atoms with Crippen LogP contribution in [0.5, 0.6) is 0 Å². The van der Waals surface area contributed by atoms with Gasteiger partial charge in [-0.05, 0) is 49.4 Å². The number of fused-ring (bicyclic) bond motifs is 5. The molecule has 2 aromatic rings. The number of esters is 1. The zero-order chi connectivity index (χ0) is 20.8. The highest BCUT2D eigenvalue weighted by Gasteiger charge is 2.59. The molecule has 7 nitrogen and oxygen atoms in total. The van der Waals surface area contributed by atoms with Crippen LogP contribution in [0.4, 0.5) is 0 Å². The molecule has 1 saturated heterocycles. The van der Waals surface area contributed by atoms with Gasteiger partial charge in [0.2, 0.25) is 0 Å². The molecule has 1 aliphatic heterocycles. The van der Waals surface area contributed by atoms with Crippen LogP contribution in [-0.2, 0) is 14.3 Å². The number of carbonyl (C=O) groups is 3. The van der Waals surface area contributed by atoms with E-state index in [9.17, 15) is 14.4 Å². The van der Waals surface area contributed by atoms with Gasteiger partial charge in [0.25, 0.3) is 11.8 Å². The van der Waals surface area contributed by atoms with Crippen LogP contribution < -0.4 is 0 Å². The van der Waals surface area contributed by atoms with E-state index in [0.717, 1.165) is 11.4 Å². The summed E-state index contributed by atoms with van der Waals surface area (Å²) in [7, 11) is 0. The Morgan fingerprint density at radius 2 is 1.90 bits per heavy atom. The van der Waals surface area contributed by atoms with Gasteiger partial charge in [-0.25, -0.2) is 4.79 Å². The molecule has 0 spiro atoms. The lowest BCUT2D eigenvalue weighted by Crippen LogP contribution is -2.28. The SMILES string of the molecule is CCOC(=O)c1cccc(-c2ccc(/C=N/N3C(=O)C4C5C=CC(C5)C4C3=O)o2)c1. The quantitative estimate of drug-likeness (QED) is 0.330. The predicted octanol–water partition coefficient (Wildman–Crippen LogP) is 3.26. The summed E-state index contributed by atoms with van der Waals surface area (Å²) in [6.45, 7) is 2.06. The molecular weight excluding hydrogens is 384 g/mol. The van der Waals surface area contributed by atoms with Gasteiger partial charge < -0.3 is 9.15 Å². The molecule has 2 bridgehead atoms. The largest absolute Gasteiger partial charge is 0.462 e. The number of allylic oxidation sites excluding steroid dienone is 2. The van der Waals surface area contributed by atoms with Crippen molar-refractivity contribution in [2.24, 2.45) is 28.8 Å². The van der Waals surface area contributed by atoms with E-state index in [1.165, 1.54) is 6.21 Å². The van der Waals surface area contributed by atoms with Crippen molar-refractivity contribution in [1.82, 2.24) is 5.01 Å². The van der Waals surface area contributed by atoms with Crippen LogP contribution in [0, 0.1) is 23.7 Å². The normalized spacial score (nSPS) is 26.8. The first-order valence-corrected chi connectivity index (χ1v) is 10.0. The van der Waals surface area contributed by atoms with Gasteiger partial charge in [0.1, 0.15) is 11.5 Å². The lowest BCUT2D eigenvalue weighted by atomic mass is 9.85. The molecule has 1 aromatic heterocycles. The van der Waals surface area contributed by atoms with Crippen LogP contribution in [0.1, 0.15) is 29.5 Å². The Labute approximate surface area is 173 Å². The number of amides is 2. The molecule has 4 unspecified atom stereocenters. The fourth-order valence-corrected chi connectivity index (χ4v) is 4.71. The minimum Gasteiger partial charge on any atom is -0.462 e. The van der Waals surface area contributed by atoms with Crippen molar-refractivity contribution < 1.29 is 23.5 Å². The number of nitrogens with zero attached hydrogens (tertiary/aromatic N) is 2. The van der Waals surface area contributed by atoms with Crippen molar-refractivity contribution in [2.45, 2.75) is 13.3 Å². The van der Waals surface area contributed by atoms with Gasteiger partial charge in [-0.2, -0.15) is 10.1 Å². The van der Waals surface area contributed by atoms with E-state index in [1.807, 2.05) is 18.2 Å². The van der Waals surface area contributed by atoms with E-state index in [4.69, 9.17) is 9.15 Å². The van der Waals surface area contributed by atoms with Gasteiger partial charge in [0.05, 0.1) is 30.2 Å². The number of benzene rings is 1. The third-order valence-electron chi connectivity index (χ3n) is 6.03. The van der Waals surface area contributed by atoms with E-state index < -0.39 is 5.97 Å². The highest BCUT2D eigenvalue weighted by atomic mass is 16.5. The van der Waals surface area contributed by atoms with Crippen molar-refractivity contribution in [3.63, 3.8) is 0 Å². The second-order valence-corrected chi connectivity index (χ2v) is 7.74. The Morgan fingerprint density at radius 3 is 2.60 bits per heavy atom. The van der Waals surface area contributed by atoms with Crippen molar-refractivity contribution in [3.8, 4) is 11.3 Å². The summed E-state index contributed by atoms with van der Waals surface area (Å²) < 4.78 is 10.8. The van der Waals surface area contributed by atoms with E-state index >= 15 is 0 Å². The van der Waals surface area contributed by atoms with Crippen molar-refractivity contribution in [2.75, 3.05) is 6.61 Å². The van der Waals surface area contributed by atoms with Crippen LogP contribution in [0.2, 0.25) is 0 Å². The number of rotatable bonds is 5. The van der Waals surface area contributed by atoms with Gasteiger partial charge in [-0.1, -0.05) is 24.3 Å². The van der Waals surface area contributed by atoms with Crippen LogP contribution in [0.15, 0.2) is 58.1 Å². The summed E-state index contributed by atoms with van der Waals surface area (Å²) in [4.78, 5) is 37.3. The van der Waals surface area contributed by atoms with Crippen LogP contribution in [0.3, 0.4) is 0 Å². The van der Waals surface area contributed by atoms with Gasteiger partial charge >= 0.3 is 5.97 Å². The lowest BCUT2D eigenvalue weighted by molar-refractivity contribution is -0.140. The number of carbonyl (C=O) groups excluding carboxylic acids is 3. The third-order valence-corrected chi connectivity index (χ3v) is 6.03. The van der Waals surface area contributed by atoms with E-state index in [-0.39, 0.29) is 35.5 Å². The molecule has 7 heteroatoms. The summed E-state index contributed by atoms with van der Waals surface area (Å²) in [6, 6.07) is 10.4. The molecular formula is C23H20N2O5. The highest BCUT2D eigenvalue weighted by Crippen LogP contribution is 2.52. The molecule has 4 atom stereocenters. The summed E-state index contributed by atoms with van der Waals surface area (Å²) in [5.41, 5.74) is 1.15. The molecule has 3 aliphatic rings. The average Bonchev–Trinajstić information content (AvgIpc) is 3.52. The summed E-state index contributed by atoms with van der Waals surface area (Å²) >= 11 is 0. The zero-order valence-corrected chi connectivity index (χ0v) is 16.4. The molecule has 2 aliphatic carbocycles. The van der Waals surface area contributed by atoms with Crippen molar-refractivity contribution in [3.05, 3.63) is 59.9 Å². The van der Waals surface area contributed by atoms with E-state index in [1.54, 1.807) is 37.3 Å². The number of hydrogen-bond donors (Lipinski definition) is 0. The van der Waals surface area contributed by atoms with Gasteiger partial charge in [-0.3, -0.25) is 9.59 Å². The number of hydrogen-bond acceptors (Lipinski definition) is 6. The second-order valence-electron chi connectivity index (χ2n) is 7.74. The molecule has 5 rings (SSSR count). The van der Waals surface area contributed by atoms with Crippen molar-refractivity contribution >= 4 is 24.0 Å². The predicted molar refractivity (Wildman–Crippen MR) is 107 cm³/mol. The molecule has 2 fully saturated rings.